The first-order valence-corrected chi connectivity index (χ1v) is 9.39. The van der Waals surface area contributed by atoms with E-state index in [0.717, 1.165) is 39.6 Å². The van der Waals surface area contributed by atoms with Gasteiger partial charge in [0.05, 0.1) is 31.8 Å². The van der Waals surface area contributed by atoms with Crippen molar-refractivity contribution in [3.05, 3.63) is 96.2 Å². The fraction of sp³-hybridized carbons (Fsp3) is 0.0800. The van der Waals surface area contributed by atoms with E-state index in [-0.39, 0.29) is 0 Å². The SMILES string of the molecule is COc1cc(OC)c(-c2ccnn2-c2ccccc2)cc1/C=C/c1ccccc1. The lowest BCUT2D eigenvalue weighted by molar-refractivity contribution is 0.394. The van der Waals surface area contributed by atoms with Crippen molar-refractivity contribution in [2.24, 2.45) is 0 Å². The Morgan fingerprint density at radius 3 is 2.14 bits per heavy atom. The molecule has 3 aromatic carbocycles. The Bertz CT molecular complexity index is 1120. The van der Waals surface area contributed by atoms with Crippen LogP contribution in [0.2, 0.25) is 0 Å². The molecule has 0 saturated carbocycles. The van der Waals surface area contributed by atoms with Gasteiger partial charge in [0.2, 0.25) is 0 Å². The van der Waals surface area contributed by atoms with Crippen LogP contribution in [-0.4, -0.2) is 24.0 Å². The third-order valence-corrected chi connectivity index (χ3v) is 4.73. The number of methoxy groups -OCH3 is 2. The lowest BCUT2D eigenvalue weighted by Gasteiger charge is -2.15. The van der Waals surface area contributed by atoms with Crippen LogP contribution in [0.3, 0.4) is 0 Å². The summed E-state index contributed by atoms with van der Waals surface area (Å²) in [6.45, 7) is 0. The molecule has 4 aromatic rings. The first kappa shape index (κ1) is 18.6. The molecule has 4 nitrogen and oxygen atoms in total. The number of aromatic nitrogens is 2. The Hall–Kier alpha value is -3.79. The number of para-hydroxylation sites is 1. The first-order valence-electron chi connectivity index (χ1n) is 9.39. The summed E-state index contributed by atoms with van der Waals surface area (Å²) in [6, 6.07) is 26.2. The van der Waals surface area contributed by atoms with E-state index in [4.69, 9.17) is 9.47 Å². The number of benzene rings is 3. The van der Waals surface area contributed by atoms with Gasteiger partial charge in [-0.1, -0.05) is 60.7 Å². The van der Waals surface area contributed by atoms with Crippen LogP contribution in [-0.2, 0) is 0 Å². The molecule has 0 amide bonds. The minimum atomic E-state index is 0.733. The smallest absolute Gasteiger partial charge is 0.131 e. The minimum Gasteiger partial charge on any atom is -0.496 e. The van der Waals surface area contributed by atoms with Gasteiger partial charge in [-0.3, -0.25) is 0 Å². The molecule has 0 aliphatic heterocycles. The third-order valence-electron chi connectivity index (χ3n) is 4.73. The predicted molar refractivity (Wildman–Crippen MR) is 117 cm³/mol. The Morgan fingerprint density at radius 1 is 0.759 bits per heavy atom. The van der Waals surface area contributed by atoms with Crippen LogP contribution in [0.5, 0.6) is 11.5 Å². The molecule has 0 radical (unpaired) electrons. The molecule has 1 heterocycles. The predicted octanol–water partition coefficient (Wildman–Crippen LogP) is 5.73. The van der Waals surface area contributed by atoms with Gasteiger partial charge in [0.1, 0.15) is 11.5 Å². The van der Waals surface area contributed by atoms with E-state index in [9.17, 15) is 0 Å². The topological polar surface area (TPSA) is 36.3 Å². The molecule has 0 unspecified atom stereocenters. The molecule has 1 aromatic heterocycles. The van der Waals surface area contributed by atoms with Crippen LogP contribution >= 0.6 is 0 Å². The summed E-state index contributed by atoms with van der Waals surface area (Å²) in [7, 11) is 3.34. The zero-order chi connectivity index (χ0) is 20.1. The van der Waals surface area contributed by atoms with Gasteiger partial charge in [0.15, 0.2) is 0 Å². The monoisotopic (exact) mass is 382 g/mol. The van der Waals surface area contributed by atoms with Gasteiger partial charge in [-0.2, -0.15) is 5.10 Å². The Balaban J connectivity index is 1.82. The van der Waals surface area contributed by atoms with Gasteiger partial charge in [-0.25, -0.2) is 4.68 Å². The highest BCUT2D eigenvalue weighted by atomic mass is 16.5. The van der Waals surface area contributed by atoms with Crippen LogP contribution in [0.25, 0.3) is 29.1 Å². The van der Waals surface area contributed by atoms with E-state index in [2.05, 4.69) is 35.4 Å². The van der Waals surface area contributed by atoms with Gasteiger partial charge < -0.3 is 9.47 Å². The Kier molecular flexibility index (Phi) is 5.43. The van der Waals surface area contributed by atoms with E-state index < -0.39 is 0 Å². The van der Waals surface area contributed by atoms with E-state index in [1.54, 1.807) is 20.4 Å². The van der Waals surface area contributed by atoms with Gasteiger partial charge in [0.25, 0.3) is 0 Å². The van der Waals surface area contributed by atoms with Crippen molar-refractivity contribution in [2.45, 2.75) is 0 Å². The molecule has 0 N–H and O–H groups in total. The lowest BCUT2D eigenvalue weighted by atomic mass is 10.0. The van der Waals surface area contributed by atoms with Crippen molar-refractivity contribution in [3.8, 4) is 28.4 Å². The molecule has 29 heavy (non-hydrogen) atoms. The minimum absolute atomic E-state index is 0.733. The second-order valence-corrected chi connectivity index (χ2v) is 6.50. The highest BCUT2D eigenvalue weighted by molar-refractivity contribution is 5.79. The second kappa shape index (κ2) is 8.48. The van der Waals surface area contributed by atoms with E-state index in [1.807, 2.05) is 65.3 Å². The molecule has 0 atom stereocenters. The maximum Gasteiger partial charge on any atom is 0.131 e. The number of nitrogens with zero attached hydrogens (tertiary/aromatic N) is 2. The Morgan fingerprint density at radius 2 is 1.45 bits per heavy atom. The average Bonchev–Trinajstić information content (AvgIpc) is 3.28. The van der Waals surface area contributed by atoms with E-state index >= 15 is 0 Å². The van der Waals surface area contributed by atoms with E-state index in [0.29, 0.717) is 0 Å². The summed E-state index contributed by atoms with van der Waals surface area (Å²) in [5, 5.41) is 4.52. The normalized spacial score (nSPS) is 11.0. The quantitative estimate of drug-likeness (QED) is 0.400. The third kappa shape index (κ3) is 3.92. The summed E-state index contributed by atoms with van der Waals surface area (Å²) >= 11 is 0. The summed E-state index contributed by atoms with van der Waals surface area (Å²) in [5.74, 6) is 1.49. The highest BCUT2D eigenvalue weighted by Gasteiger charge is 2.16. The fourth-order valence-electron chi connectivity index (χ4n) is 3.29. The summed E-state index contributed by atoms with van der Waals surface area (Å²) in [5.41, 5.74) is 4.98. The first-order chi connectivity index (χ1) is 14.3. The number of rotatable bonds is 6. The van der Waals surface area contributed by atoms with Crippen molar-refractivity contribution >= 4 is 12.2 Å². The standard InChI is InChI=1S/C25H22N2O2/c1-28-24-18-25(29-2)22(17-20(24)14-13-19-9-5-3-6-10-19)23-15-16-26-27(23)21-11-7-4-8-12-21/h3-18H,1-2H3/b14-13+. The van der Waals surface area contributed by atoms with Crippen molar-refractivity contribution < 1.29 is 9.47 Å². The highest BCUT2D eigenvalue weighted by Crippen LogP contribution is 2.37. The zero-order valence-corrected chi connectivity index (χ0v) is 16.4. The van der Waals surface area contributed by atoms with E-state index in [1.165, 1.54) is 0 Å². The zero-order valence-electron chi connectivity index (χ0n) is 16.4. The number of ether oxygens (including phenoxy) is 2. The van der Waals surface area contributed by atoms with Crippen LogP contribution in [0.1, 0.15) is 11.1 Å². The summed E-state index contributed by atoms with van der Waals surface area (Å²) in [4.78, 5) is 0. The van der Waals surface area contributed by atoms with Crippen LogP contribution in [0.15, 0.2) is 85.1 Å². The molecule has 0 saturated heterocycles. The largest absolute Gasteiger partial charge is 0.496 e. The van der Waals surface area contributed by atoms with Crippen molar-refractivity contribution in [3.63, 3.8) is 0 Å². The molecule has 144 valence electrons. The molecule has 0 bridgehead atoms. The molecule has 0 aliphatic carbocycles. The van der Waals surface area contributed by atoms with Crippen molar-refractivity contribution in [1.29, 1.82) is 0 Å². The van der Waals surface area contributed by atoms with Gasteiger partial charge in [-0.05, 0) is 29.8 Å². The molecule has 0 fully saturated rings. The average molecular weight is 382 g/mol. The van der Waals surface area contributed by atoms with Crippen LogP contribution in [0, 0.1) is 0 Å². The van der Waals surface area contributed by atoms with Gasteiger partial charge in [0, 0.05) is 17.2 Å². The van der Waals surface area contributed by atoms with Gasteiger partial charge >= 0.3 is 0 Å². The maximum atomic E-state index is 5.68. The fourth-order valence-corrected chi connectivity index (χ4v) is 3.29. The Labute approximate surface area is 170 Å². The number of hydrogen-bond acceptors (Lipinski definition) is 3. The second-order valence-electron chi connectivity index (χ2n) is 6.50. The summed E-state index contributed by atoms with van der Waals surface area (Å²) < 4.78 is 13.2. The molecule has 4 rings (SSSR count). The molecule has 0 aliphatic rings. The molecule has 0 spiro atoms. The number of hydrogen-bond donors (Lipinski definition) is 0. The lowest BCUT2D eigenvalue weighted by Crippen LogP contribution is -2.01. The van der Waals surface area contributed by atoms with Crippen LogP contribution < -0.4 is 9.47 Å². The van der Waals surface area contributed by atoms with Crippen molar-refractivity contribution in [1.82, 2.24) is 9.78 Å². The van der Waals surface area contributed by atoms with Gasteiger partial charge in [-0.15, -0.1) is 0 Å². The van der Waals surface area contributed by atoms with Crippen molar-refractivity contribution in [2.75, 3.05) is 14.2 Å². The summed E-state index contributed by atoms with van der Waals surface area (Å²) in [6.07, 6.45) is 5.93. The van der Waals surface area contributed by atoms with Crippen LogP contribution in [0.4, 0.5) is 0 Å². The maximum absolute atomic E-state index is 5.68. The molecular formula is C25H22N2O2. The molecule has 4 heteroatoms. The molecular weight excluding hydrogens is 360 g/mol.